The van der Waals surface area contributed by atoms with Gasteiger partial charge in [0.2, 0.25) is 6.10 Å². The van der Waals surface area contributed by atoms with Crippen LogP contribution in [0.5, 0.6) is 0 Å². The van der Waals surface area contributed by atoms with Crippen LogP contribution in [0, 0.1) is 0 Å². The second-order valence-electron chi connectivity index (χ2n) is 8.79. The molecule has 0 aliphatic carbocycles. The van der Waals surface area contributed by atoms with E-state index < -0.39 is 29.6 Å². The van der Waals surface area contributed by atoms with Gasteiger partial charge in [-0.25, -0.2) is 9.59 Å². The summed E-state index contributed by atoms with van der Waals surface area (Å²) in [5.74, 6) is -1.82. The first-order chi connectivity index (χ1) is 15.9. The fraction of sp³-hybridized carbons (Fsp3) is 0.400. The summed E-state index contributed by atoms with van der Waals surface area (Å²) in [6, 6.07) is 13.2. The second-order valence-corrected chi connectivity index (χ2v) is 8.79. The van der Waals surface area contributed by atoms with Crippen LogP contribution < -0.4 is 5.32 Å². The summed E-state index contributed by atoms with van der Waals surface area (Å²) < 4.78 is 16.4. The Hall–Kier alpha value is -3.39. The van der Waals surface area contributed by atoms with E-state index in [0.717, 1.165) is 29.4 Å². The lowest BCUT2D eigenvalue weighted by atomic mass is 10.0. The molecular formula is C25H26N2O6. The number of benzene rings is 2. The van der Waals surface area contributed by atoms with E-state index in [4.69, 9.17) is 14.2 Å². The standard InChI is InChI=1S/C25H26N2O6/c1-3-31-24(30)20(19-12-11-16-13-27(16)19)26-22(28)21(25(2)14-32-25)33-23(29)18-10-6-8-15-7-4-5-9-17(15)18/h4-10,16,21H,3,11-14H2,1-2H3,(H,26,28)/b20-19+/t16-,21-,25+,27?/m1/s1. The van der Waals surface area contributed by atoms with Crippen molar-refractivity contribution in [2.24, 2.45) is 0 Å². The number of rotatable bonds is 7. The summed E-state index contributed by atoms with van der Waals surface area (Å²) in [6.45, 7) is 4.75. The summed E-state index contributed by atoms with van der Waals surface area (Å²) in [5, 5.41) is 4.34. The topological polar surface area (TPSA) is 97.2 Å². The molecule has 3 fully saturated rings. The number of hydrogen-bond acceptors (Lipinski definition) is 7. The van der Waals surface area contributed by atoms with Crippen LogP contribution in [0.2, 0.25) is 0 Å². The van der Waals surface area contributed by atoms with E-state index >= 15 is 0 Å². The zero-order valence-electron chi connectivity index (χ0n) is 18.6. The maximum absolute atomic E-state index is 13.3. The predicted molar refractivity (Wildman–Crippen MR) is 119 cm³/mol. The summed E-state index contributed by atoms with van der Waals surface area (Å²) in [4.78, 5) is 41.2. The van der Waals surface area contributed by atoms with Crippen molar-refractivity contribution >= 4 is 28.6 Å². The molecule has 1 N–H and O–H groups in total. The number of allylic oxidation sites excluding steroid dienone is 1. The third-order valence-corrected chi connectivity index (χ3v) is 6.42. The Bertz CT molecular complexity index is 1160. The van der Waals surface area contributed by atoms with Gasteiger partial charge in [-0.1, -0.05) is 36.4 Å². The Balaban J connectivity index is 1.40. The molecule has 0 spiro atoms. The molecule has 1 amide bonds. The lowest BCUT2D eigenvalue weighted by Gasteiger charge is -2.22. The van der Waals surface area contributed by atoms with E-state index in [2.05, 4.69) is 10.2 Å². The van der Waals surface area contributed by atoms with Crippen molar-refractivity contribution in [2.45, 2.75) is 44.4 Å². The molecule has 2 aromatic carbocycles. The van der Waals surface area contributed by atoms with Crippen LogP contribution in [0.1, 0.15) is 37.0 Å². The zero-order chi connectivity index (χ0) is 23.2. The zero-order valence-corrected chi connectivity index (χ0v) is 18.6. The molecule has 0 radical (unpaired) electrons. The van der Waals surface area contributed by atoms with Crippen LogP contribution in [-0.4, -0.2) is 60.3 Å². The lowest BCUT2D eigenvalue weighted by molar-refractivity contribution is -0.141. The van der Waals surface area contributed by atoms with Crippen LogP contribution in [0.25, 0.3) is 10.8 Å². The summed E-state index contributed by atoms with van der Waals surface area (Å²) >= 11 is 0. The molecule has 3 saturated heterocycles. The Kier molecular flexibility index (Phi) is 5.32. The molecule has 0 bridgehead atoms. The van der Waals surface area contributed by atoms with Gasteiger partial charge in [-0.2, -0.15) is 0 Å². The number of nitrogens with one attached hydrogen (secondary N) is 1. The number of carbonyl (C=O) groups is 3. The molecule has 0 saturated carbocycles. The monoisotopic (exact) mass is 450 g/mol. The molecule has 3 aliphatic rings. The van der Waals surface area contributed by atoms with Crippen molar-refractivity contribution in [2.75, 3.05) is 19.8 Å². The largest absolute Gasteiger partial charge is 0.461 e. The first-order valence-electron chi connectivity index (χ1n) is 11.2. The number of fused-ring (bicyclic) bond motifs is 2. The highest BCUT2D eigenvalue weighted by molar-refractivity contribution is 6.05. The highest BCUT2D eigenvalue weighted by Crippen LogP contribution is 2.40. The van der Waals surface area contributed by atoms with Crippen molar-refractivity contribution in [3.05, 3.63) is 59.4 Å². The number of epoxide rings is 1. The number of carbonyl (C=O) groups excluding carboxylic acids is 3. The van der Waals surface area contributed by atoms with Crippen LogP contribution in [0.15, 0.2) is 53.9 Å². The molecule has 3 atom stereocenters. The third kappa shape index (κ3) is 4.06. The van der Waals surface area contributed by atoms with Gasteiger partial charge in [0.25, 0.3) is 5.91 Å². The van der Waals surface area contributed by atoms with E-state index in [1.165, 1.54) is 0 Å². The van der Waals surface area contributed by atoms with Crippen molar-refractivity contribution in [1.29, 1.82) is 0 Å². The molecule has 3 heterocycles. The maximum atomic E-state index is 13.3. The average Bonchev–Trinajstić information content (AvgIpc) is 3.73. The van der Waals surface area contributed by atoms with Crippen molar-refractivity contribution < 1.29 is 28.6 Å². The van der Waals surface area contributed by atoms with Crippen molar-refractivity contribution in [3.8, 4) is 0 Å². The molecule has 0 aromatic heterocycles. The van der Waals surface area contributed by atoms with Crippen molar-refractivity contribution in [3.63, 3.8) is 0 Å². The van der Waals surface area contributed by atoms with Gasteiger partial charge in [0, 0.05) is 18.3 Å². The molecule has 172 valence electrons. The highest BCUT2D eigenvalue weighted by atomic mass is 16.6. The average molecular weight is 450 g/mol. The van der Waals surface area contributed by atoms with Crippen LogP contribution in [0.4, 0.5) is 0 Å². The number of ether oxygens (including phenoxy) is 3. The molecule has 33 heavy (non-hydrogen) atoms. The Morgan fingerprint density at radius 2 is 1.97 bits per heavy atom. The molecule has 8 heteroatoms. The number of piperidine rings is 1. The maximum Gasteiger partial charge on any atom is 0.356 e. The quantitative estimate of drug-likeness (QED) is 0.393. The SMILES string of the molecule is CCOC(=O)/C(NC(=O)[C@@H](OC(=O)c1cccc2ccccc12)[C@]1(C)CO1)=C1/CC[C@@H]2CN12. The second kappa shape index (κ2) is 8.19. The number of nitrogens with zero attached hydrogens (tertiary/aromatic N) is 1. The van der Waals surface area contributed by atoms with Gasteiger partial charge in [0.15, 0.2) is 0 Å². The minimum absolute atomic E-state index is 0.123. The van der Waals surface area contributed by atoms with E-state index in [-0.39, 0.29) is 18.9 Å². The van der Waals surface area contributed by atoms with E-state index in [1.54, 1.807) is 26.0 Å². The number of esters is 2. The van der Waals surface area contributed by atoms with E-state index in [1.807, 2.05) is 30.3 Å². The molecule has 2 aromatic rings. The van der Waals surface area contributed by atoms with Gasteiger partial charge in [0.1, 0.15) is 11.3 Å². The van der Waals surface area contributed by atoms with Gasteiger partial charge >= 0.3 is 11.9 Å². The Morgan fingerprint density at radius 3 is 2.64 bits per heavy atom. The van der Waals surface area contributed by atoms with Crippen LogP contribution in [0.3, 0.4) is 0 Å². The smallest absolute Gasteiger partial charge is 0.356 e. The van der Waals surface area contributed by atoms with E-state index in [9.17, 15) is 14.4 Å². The molecule has 0 unspecified atom stereocenters. The van der Waals surface area contributed by atoms with Gasteiger partial charge in [-0.05, 0) is 43.5 Å². The summed E-state index contributed by atoms with van der Waals surface area (Å²) in [7, 11) is 0. The molecular weight excluding hydrogens is 424 g/mol. The van der Waals surface area contributed by atoms with Crippen molar-refractivity contribution in [1.82, 2.24) is 10.2 Å². The fourth-order valence-electron chi connectivity index (χ4n) is 4.40. The fourth-order valence-corrected chi connectivity index (χ4v) is 4.40. The van der Waals surface area contributed by atoms with Gasteiger partial charge < -0.3 is 24.4 Å². The Morgan fingerprint density at radius 1 is 1.21 bits per heavy atom. The van der Waals surface area contributed by atoms with Crippen LogP contribution >= 0.6 is 0 Å². The minimum atomic E-state index is -1.22. The number of amides is 1. The summed E-state index contributed by atoms with van der Waals surface area (Å²) in [6.07, 6.45) is 0.405. The third-order valence-electron chi connectivity index (χ3n) is 6.42. The molecule has 5 rings (SSSR count). The van der Waals surface area contributed by atoms with Gasteiger partial charge in [-0.15, -0.1) is 0 Å². The van der Waals surface area contributed by atoms with Gasteiger partial charge in [-0.3, -0.25) is 4.79 Å². The molecule has 8 nitrogen and oxygen atoms in total. The number of hydrogen-bond donors (Lipinski definition) is 1. The lowest BCUT2D eigenvalue weighted by Crippen LogP contribution is -2.47. The minimum Gasteiger partial charge on any atom is -0.461 e. The highest BCUT2D eigenvalue weighted by Gasteiger charge is 2.54. The first-order valence-corrected chi connectivity index (χ1v) is 11.2. The Labute approximate surface area is 191 Å². The van der Waals surface area contributed by atoms with E-state index in [0.29, 0.717) is 18.0 Å². The summed E-state index contributed by atoms with van der Waals surface area (Å²) in [5.41, 5.74) is 0.305. The first kappa shape index (κ1) is 21.5. The normalized spacial score (nSPS) is 25.2. The molecule has 3 aliphatic heterocycles. The van der Waals surface area contributed by atoms with Crippen LogP contribution in [-0.2, 0) is 23.8 Å². The van der Waals surface area contributed by atoms with Gasteiger partial charge in [0.05, 0.1) is 18.8 Å². The predicted octanol–water partition coefficient (Wildman–Crippen LogP) is 2.52.